The molecule has 0 unspecified atom stereocenters. The number of esters is 1. The van der Waals surface area contributed by atoms with Gasteiger partial charge >= 0.3 is 5.97 Å². The van der Waals surface area contributed by atoms with E-state index in [0.717, 1.165) is 26.4 Å². The summed E-state index contributed by atoms with van der Waals surface area (Å²) in [6.45, 7) is 5.73. The largest absolute Gasteiger partial charge is 0.453 e. The minimum atomic E-state index is -0.571. The van der Waals surface area contributed by atoms with Crippen molar-refractivity contribution in [2.75, 3.05) is 5.73 Å². The summed E-state index contributed by atoms with van der Waals surface area (Å²) in [5.74, 6) is 0.195. The van der Waals surface area contributed by atoms with Gasteiger partial charge in [-0.2, -0.15) is 0 Å². The highest BCUT2D eigenvalue weighted by atomic mass is 32.1. The van der Waals surface area contributed by atoms with Gasteiger partial charge in [0.1, 0.15) is 10.6 Å². The Morgan fingerprint density at radius 1 is 1.22 bits per heavy atom. The van der Waals surface area contributed by atoms with Crippen LogP contribution in [0.5, 0.6) is 0 Å². The van der Waals surface area contributed by atoms with Crippen LogP contribution in [0.4, 0.5) is 5.82 Å². The van der Waals surface area contributed by atoms with Gasteiger partial charge in [0.15, 0.2) is 18.1 Å². The summed E-state index contributed by atoms with van der Waals surface area (Å²) in [5, 5.41) is 0.868. The van der Waals surface area contributed by atoms with Gasteiger partial charge in [-0.1, -0.05) is 0 Å². The van der Waals surface area contributed by atoms with Gasteiger partial charge < -0.3 is 10.5 Å². The minimum Gasteiger partial charge on any atom is -0.453 e. The Balaban J connectivity index is 1.79. The fourth-order valence-electron chi connectivity index (χ4n) is 2.09. The molecular formula is C15H15N5O2S. The van der Waals surface area contributed by atoms with Crippen molar-refractivity contribution in [2.45, 2.75) is 27.4 Å². The normalized spacial score (nSPS) is 10.9. The summed E-state index contributed by atoms with van der Waals surface area (Å²) < 4.78 is 5.18. The second kappa shape index (κ2) is 5.88. The lowest BCUT2D eigenvalue weighted by atomic mass is 10.2. The second-order valence-electron chi connectivity index (χ2n) is 5.11. The number of carbonyl (C=O) groups excluding carboxylic acids is 1. The van der Waals surface area contributed by atoms with Crippen molar-refractivity contribution in [3.05, 3.63) is 40.0 Å². The van der Waals surface area contributed by atoms with Crippen LogP contribution in [-0.2, 0) is 11.3 Å². The highest BCUT2D eigenvalue weighted by molar-refractivity contribution is 7.18. The van der Waals surface area contributed by atoms with E-state index in [2.05, 4.69) is 19.9 Å². The van der Waals surface area contributed by atoms with Gasteiger partial charge in [0.2, 0.25) is 0 Å². The van der Waals surface area contributed by atoms with Crippen LogP contribution in [0.3, 0.4) is 0 Å². The molecule has 0 amide bonds. The number of nitrogens with zero attached hydrogens (tertiary/aromatic N) is 4. The van der Waals surface area contributed by atoms with Crippen LogP contribution in [0.15, 0.2) is 12.4 Å². The Hall–Kier alpha value is -2.61. The highest BCUT2D eigenvalue weighted by Gasteiger charge is 2.15. The van der Waals surface area contributed by atoms with Gasteiger partial charge in [0, 0.05) is 11.1 Å². The summed E-state index contributed by atoms with van der Waals surface area (Å²) in [6, 6.07) is 0. The van der Waals surface area contributed by atoms with Crippen LogP contribution in [0.25, 0.3) is 10.2 Å². The van der Waals surface area contributed by atoms with Crippen LogP contribution >= 0.6 is 11.3 Å². The smallest absolute Gasteiger partial charge is 0.358 e. The first kappa shape index (κ1) is 15.3. The van der Waals surface area contributed by atoms with Crippen LogP contribution in [-0.4, -0.2) is 25.9 Å². The first-order valence-corrected chi connectivity index (χ1v) is 7.75. The molecule has 3 rings (SSSR count). The number of ether oxygens (including phenoxy) is 1. The minimum absolute atomic E-state index is 0.0650. The predicted octanol–water partition coefficient (Wildman–Crippen LogP) is 2.35. The summed E-state index contributed by atoms with van der Waals surface area (Å²) in [5.41, 5.74) is 7.96. The predicted molar refractivity (Wildman–Crippen MR) is 87.2 cm³/mol. The summed E-state index contributed by atoms with van der Waals surface area (Å²) in [4.78, 5) is 30.5. The topological polar surface area (TPSA) is 104 Å². The Kier molecular flexibility index (Phi) is 3.91. The summed E-state index contributed by atoms with van der Waals surface area (Å²) >= 11 is 1.55. The van der Waals surface area contributed by atoms with Crippen molar-refractivity contribution in [2.24, 2.45) is 0 Å². The molecule has 0 aliphatic rings. The number of hydrogen-bond donors (Lipinski definition) is 1. The molecule has 7 nitrogen and oxygen atoms in total. The lowest BCUT2D eigenvalue weighted by Gasteiger charge is -2.05. The van der Waals surface area contributed by atoms with Crippen molar-refractivity contribution in [1.29, 1.82) is 0 Å². The van der Waals surface area contributed by atoms with E-state index in [1.54, 1.807) is 18.3 Å². The van der Waals surface area contributed by atoms with Crippen molar-refractivity contribution in [3.63, 3.8) is 0 Å². The number of rotatable bonds is 3. The molecule has 0 saturated carbocycles. The maximum Gasteiger partial charge on any atom is 0.358 e. The molecule has 0 bridgehead atoms. The van der Waals surface area contributed by atoms with Gasteiger partial charge in [0.05, 0.1) is 17.3 Å². The SMILES string of the molecule is Cc1cnc(C(=O)OCc2nc(N)c3c(C)c(C)sc3n2)cn1. The fraction of sp³-hybridized carbons (Fsp3) is 0.267. The van der Waals surface area contributed by atoms with Crippen LogP contribution in [0.2, 0.25) is 0 Å². The zero-order valence-corrected chi connectivity index (χ0v) is 13.8. The molecule has 3 aromatic rings. The van der Waals surface area contributed by atoms with Gasteiger partial charge in [-0.05, 0) is 26.3 Å². The highest BCUT2D eigenvalue weighted by Crippen LogP contribution is 2.31. The molecule has 0 radical (unpaired) electrons. The van der Waals surface area contributed by atoms with Crippen LogP contribution in [0, 0.1) is 20.8 Å². The molecule has 0 spiro atoms. The van der Waals surface area contributed by atoms with Crippen molar-refractivity contribution < 1.29 is 9.53 Å². The number of aryl methyl sites for hydroxylation is 3. The van der Waals surface area contributed by atoms with E-state index in [1.165, 1.54) is 12.4 Å². The van der Waals surface area contributed by atoms with E-state index in [-0.39, 0.29) is 12.3 Å². The number of nitrogens with two attached hydrogens (primary N) is 1. The van der Waals surface area contributed by atoms with Crippen LogP contribution < -0.4 is 5.73 Å². The molecule has 0 saturated heterocycles. The molecule has 2 N–H and O–H groups in total. The van der Waals surface area contributed by atoms with Crippen molar-refractivity contribution in [3.8, 4) is 0 Å². The number of carbonyl (C=O) groups is 1. The quantitative estimate of drug-likeness (QED) is 0.735. The zero-order valence-electron chi connectivity index (χ0n) is 13.0. The molecule has 0 aliphatic carbocycles. The first-order chi connectivity index (χ1) is 11.0. The van der Waals surface area contributed by atoms with Gasteiger partial charge in [-0.3, -0.25) is 4.98 Å². The van der Waals surface area contributed by atoms with Crippen LogP contribution in [0.1, 0.15) is 32.4 Å². The number of nitrogen functional groups attached to an aromatic ring is 1. The average Bonchev–Trinajstić information content (AvgIpc) is 2.80. The number of hydrogen-bond acceptors (Lipinski definition) is 8. The molecule has 0 atom stereocenters. The van der Waals surface area contributed by atoms with E-state index >= 15 is 0 Å². The van der Waals surface area contributed by atoms with E-state index in [1.807, 2.05) is 13.8 Å². The second-order valence-corrected chi connectivity index (χ2v) is 6.31. The summed E-state index contributed by atoms with van der Waals surface area (Å²) in [7, 11) is 0. The molecule has 118 valence electrons. The third-order valence-corrected chi connectivity index (χ3v) is 4.53. The Morgan fingerprint density at radius 2 is 2.00 bits per heavy atom. The molecule has 0 aliphatic heterocycles. The molecule has 3 aromatic heterocycles. The lowest BCUT2D eigenvalue weighted by molar-refractivity contribution is 0.0455. The molecule has 23 heavy (non-hydrogen) atoms. The number of anilines is 1. The lowest BCUT2D eigenvalue weighted by Crippen LogP contribution is -2.10. The maximum atomic E-state index is 11.9. The maximum absolute atomic E-state index is 11.9. The molecular weight excluding hydrogens is 314 g/mol. The van der Waals surface area contributed by atoms with Crippen molar-refractivity contribution >= 4 is 33.3 Å². The summed E-state index contributed by atoms with van der Waals surface area (Å²) in [6.07, 6.45) is 2.89. The standard InChI is InChI=1S/C15H15N5O2S/c1-7-4-18-10(5-17-7)15(21)22-6-11-19-13(16)12-8(2)9(3)23-14(12)20-11/h4-5H,6H2,1-3H3,(H2,16,19,20). The molecule has 0 fully saturated rings. The van der Waals surface area contributed by atoms with Gasteiger partial charge in [-0.15, -0.1) is 11.3 Å². The van der Waals surface area contributed by atoms with E-state index in [0.29, 0.717) is 11.6 Å². The Morgan fingerprint density at radius 3 is 2.70 bits per heavy atom. The zero-order chi connectivity index (χ0) is 16.6. The first-order valence-electron chi connectivity index (χ1n) is 6.93. The fourth-order valence-corrected chi connectivity index (χ4v) is 3.15. The molecule has 8 heteroatoms. The van der Waals surface area contributed by atoms with E-state index in [9.17, 15) is 4.79 Å². The third-order valence-electron chi connectivity index (χ3n) is 3.43. The molecule has 3 heterocycles. The van der Waals surface area contributed by atoms with E-state index < -0.39 is 5.97 Å². The number of thiophene rings is 1. The average molecular weight is 329 g/mol. The Bertz CT molecular complexity index is 889. The van der Waals surface area contributed by atoms with Gasteiger partial charge in [-0.25, -0.2) is 19.7 Å². The Labute approximate surface area is 136 Å². The number of fused-ring (bicyclic) bond motifs is 1. The monoisotopic (exact) mass is 329 g/mol. The molecule has 0 aromatic carbocycles. The van der Waals surface area contributed by atoms with Gasteiger partial charge in [0.25, 0.3) is 0 Å². The number of aromatic nitrogens is 4. The third kappa shape index (κ3) is 2.98. The van der Waals surface area contributed by atoms with E-state index in [4.69, 9.17) is 10.5 Å². The van der Waals surface area contributed by atoms with Crippen molar-refractivity contribution in [1.82, 2.24) is 19.9 Å².